The van der Waals surface area contributed by atoms with Gasteiger partial charge in [0.15, 0.2) is 0 Å². The number of aromatic nitrogens is 6. The van der Waals surface area contributed by atoms with Gasteiger partial charge in [0.2, 0.25) is 11.9 Å². The maximum Gasteiger partial charge on any atom is 0.223 e. The number of nitrogens with one attached hydrogen (secondary N) is 2. The zero-order valence-electron chi connectivity index (χ0n) is 19.1. The van der Waals surface area contributed by atoms with Crippen LogP contribution in [0.4, 0.5) is 5.95 Å². The lowest BCUT2D eigenvalue weighted by atomic mass is 10.1. The fourth-order valence-electron chi connectivity index (χ4n) is 4.25. The highest BCUT2D eigenvalue weighted by atomic mass is 16.2. The molecule has 1 amide bonds. The first kappa shape index (κ1) is 21.1. The predicted octanol–water partition coefficient (Wildman–Crippen LogP) is 3.74. The van der Waals surface area contributed by atoms with E-state index in [-0.39, 0.29) is 17.9 Å². The Balaban J connectivity index is 1.43. The minimum Gasteiger partial charge on any atom is -0.354 e. The molecule has 0 spiro atoms. The topological polar surface area (TPSA) is 105 Å². The lowest BCUT2D eigenvalue weighted by molar-refractivity contribution is -0.127. The van der Waals surface area contributed by atoms with Crippen LogP contribution in [0.2, 0.25) is 0 Å². The van der Waals surface area contributed by atoms with Gasteiger partial charge in [-0.2, -0.15) is 5.10 Å². The second-order valence-corrected chi connectivity index (χ2v) is 8.75. The molecule has 2 N–H and O–H groups in total. The Hall–Kier alpha value is -3.75. The SMILES string of the molecule is CCN1CC(CNc2nccc(-c3cn(C(C)C)nc3-c3cnc4[nH]ccc4c3)n2)CC1=O. The third-order valence-corrected chi connectivity index (χ3v) is 6.09. The minimum atomic E-state index is 0.210. The van der Waals surface area contributed by atoms with E-state index in [0.717, 1.165) is 46.6 Å². The van der Waals surface area contributed by atoms with E-state index in [1.807, 2.05) is 47.2 Å². The minimum absolute atomic E-state index is 0.210. The second kappa shape index (κ2) is 8.65. The summed E-state index contributed by atoms with van der Waals surface area (Å²) < 4.78 is 1.95. The van der Waals surface area contributed by atoms with Gasteiger partial charge < -0.3 is 15.2 Å². The molecule has 4 aromatic heterocycles. The van der Waals surface area contributed by atoms with Gasteiger partial charge in [0.25, 0.3) is 0 Å². The van der Waals surface area contributed by atoms with E-state index >= 15 is 0 Å². The van der Waals surface area contributed by atoms with Gasteiger partial charge in [0, 0.05) is 79.3 Å². The molecule has 0 bridgehead atoms. The van der Waals surface area contributed by atoms with Crippen molar-refractivity contribution in [1.29, 1.82) is 0 Å². The molecule has 170 valence electrons. The summed E-state index contributed by atoms with van der Waals surface area (Å²) in [7, 11) is 0. The number of aromatic amines is 1. The monoisotopic (exact) mass is 444 g/mol. The summed E-state index contributed by atoms with van der Waals surface area (Å²) in [5.41, 5.74) is 4.35. The molecule has 33 heavy (non-hydrogen) atoms. The van der Waals surface area contributed by atoms with Crippen molar-refractivity contribution in [2.24, 2.45) is 5.92 Å². The molecule has 4 aromatic rings. The molecule has 9 heteroatoms. The van der Waals surface area contributed by atoms with Gasteiger partial charge in [0.1, 0.15) is 11.3 Å². The van der Waals surface area contributed by atoms with E-state index in [4.69, 9.17) is 10.1 Å². The first-order chi connectivity index (χ1) is 16.0. The molecule has 1 unspecified atom stereocenters. The number of hydrogen-bond acceptors (Lipinski definition) is 6. The zero-order valence-corrected chi connectivity index (χ0v) is 19.1. The molecule has 1 saturated heterocycles. The van der Waals surface area contributed by atoms with Crippen LogP contribution >= 0.6 is 0 Å². The molecule has 1 fully saturated rings. The highest BCUT2D eigenvalue weighted by Crippen LogP contribution is 2.32. The normalized spacial score (nSPS) is 16.3. The van der Waals surface area contributed by atoms with Crippen LogP contribution in [0.15, 0.2) is 43.0 Å². The highest BCUT2D eigenvalue weighted by Gasteiger charge is 2.28. The molecule has 0 aliphatic carbocycles. The van der Waals surface area contributed by atoms with Crippen molar-refractivity contribution < 1.29 is 4.79 Å². The smallest absolute Gasteiger partial charge is 0.223 e. The van der Waals surface area contributed by atoms with Crippen LogP contribution in [0.5, 0.6) is 0 Å². The average Bonchev–Trinajstić information content (AvgIpc) is 3.55. The van der Waals surface area contributed by atoms with E-state index in [1.165, 1.54) is 0 Å². The summed E-state index contributed by atoms with van der Waals surface area (Å²) in [4.78, 5) is 30.7. The van der Waals surface area contributed by atoms with Crippen molar-refractivity contribution in [2.45, 2.75) is 33.2 Å². The third-order valence-electron chi connectivity index (χ3n) is 6.09. The Labute approximate surface area is 192 Å². The van der Waals surface area contributed by atoms with Crippen LogP contribution in [0.25, 0.3) is 33.5 Å². The number of hydrogen-bond donors (Lipinski definition) is 2. The third kappa shape index (κ3) is 4.18. The number of carbonyl (C=O) groups is 1. The molecule has 5 heterocycles. The van der Waals surface area contributed by atoms with Gasteiger partial charge in [-0.3, -0.25) is 9.48 Å². The number of rotatable bonds is 7. The Bertz CT molecular complexity index is 1290. The molecule has 1 aliphatic rings. The van der Waals surface area contributed by atoms with Crippen molar-refractivity contribution in [3.05, 3.63) is 43.0 Å². The first-order valence-electron chi connectivity index (χ1n) is 11.4. The largest absolute Gasteiger partial charge is 0.354 e. The average molecular weight is 445 g/mol. The Morgan fingerprint density at radius 3 is 2.94 bits per heavy atom. The maximum atomic E-state index is 12.0. The second-order valence-electron chi connectivity index (χ2n) is 8.75. The fraction of sp³-hybridized carbons (Fsp3) is 0.375. The number of carbonyl (C=O) groups excluding carboxylic acids is 1. The molecule has 1 atom stereocenters. The number of fused-ring (bicyclic) bond motifs is 1. The van der Waals surface area contributed by atoms with Gasteiger partial charge in [-0.1, -0.05) is 0 Å². The maximum absolute atomic E-state index is 12.0. The summed E-state index contributed by atoms with van der Waals surface area (Å²) in [5, 5.41) is 9.22. The van der Waals surface area contributed by atoms with Gasteiger partial charge >= 0.3 is 0 Å². The van der Waals surface area contributed by atoms with E-state index in [0.29, 0.717) is 18.9 Å². The van der Waals surface area contributed by atoms with Gasteiger partial charge in [-0.25, -0.2) is 15.0 Å². The quantitative estimate of drug-likeness (QED) is 0.450. The van der Waals surface area contributed by atoms with E-state index in [1.54, 1.807) is 6.20 Å². The summed E-state index contributed by atoms with van der Waals surface area (Å²) in [6.07, 6.45) is 8.08. The number of amides is 1. The van der Waals surface area contributed by atoms with Gasteiger partial charge in [-0.05, 0) is 39.0 Å². The van der Waals surface area contributed by atoms with Crippen molar-refractivity contribution >= 4 is 22.9 Å². The van der Waals surface area contributed by atoms with Crippen molar-refractivity contribution in [1.82, 2.24) is 34.6 Å². The van der Waals surface area contributed by atoms with Crippen LogP contribution in [0.1, 0.15) is 33.2 Å². The van der Waals surface area contributed by atoms with E-state index in [9.17, 15) is 4.79 Å². The highest BCUT2D eigenvalue weighted by molar-refractivity contribution is 5.85. The molecular weight excluding hydrogens is 416 g/mol. The van der Waals surface area contributed by atoms with Gasteiger partial charge in [0.05, 0.1) is 5.69 Å². The van der Waals surface area contributed by atoms with Crippen molar-refractivity contribution in [2.75, 3.05) is 25.0 Å². The molecule has 9 nitrogen and oxygen atoms in total. The lowest BCUT2D eigenvalue weighted by Gasteiger charge is -2.14. The predicted molar refractivity (Wildman–Crippen MR) is 128 cm³/mol. The zero-order chi connectivity index (χ0) is 22.9. The first-order valence-corrected chi connectivity index (χ1v) is 11.4. The number of likely N-dealkylation sites (tertiary alicyclic amines) is 1. The van der Waals surface area contributed by atoms with E-state index < -0.39 is 0 Å². The summed E-state index contributed by atoms with van der Waals surface area (Å²) in [6, 6.07) is 6.20. The summed E-state index contributed by atoms with van der Waals surface area (Å²) in [6.45, 7) is 8.42. The standard InChI is InChI=1S/C24H28N8O/c1-4-31-13-16(9-21(31)33)11-28-24-26-8-6-20(29-24)19-14-32(15(2)3)30-22(19)18-10-17-5-7-25-23(17)27-12-18/h5-8,10,12,14-16H,4,9,11,13H2,1-3H3,(H,25,27)(H,26,28,29). The van der Waals surface area contributed by atoms with Crippen LogP contribution in [-0.2, 0) is 4.79 Å². The molecule has 0 radical (unpaired) electrons. The molecule has 0 saturated carbocycles. The summed E-state index contributed by atoms with van der Waals surface area (Å²) in [5.74, 6) is 1.04. The summed E-state index contributed by atoms with van der Waals surface area (Å²) >= 11 is 0. The number of H-pyrrole nitrogens is 1. The Kier molecular flexibility index (Phi) is 5.53. The van der Waals surface area contributed by atoms with Crippen LogP contribution in [0, 0.1) is 5.92 Å². The van der Waals surface area contributed by atoms with Gasteiger partial charge in [-0.15, -0.1) is 0 Å². The van der Waals surface area contributed by atoms with Crippen LogP contribution in [0.3, 0.4) is 0 Å². The van der Waals surface area contributed by atoms with Crippen LogP contribution < -0.4 is 5.32 Å². The van der Waals surface area contributed by atoms with Crippen molar-refractivity contribution in [3.63, 3.8) is 0 Å². The number of pyridine rings is 1. The van der Waals surface area contributed by atoms with Crippen molar-refractivity contribution in [3.8, 4) is 22.5 Å². The fourth-order valence-corrected chi connectivity index (χ4v) is 4.25. The number of nitrogens with zero attached hydrogens (tertiary/aromatic N) is 6. The molecule has 0 aromatic carbocycles. The Morgan fingerprint density at radius 1 is 1.27 bits per heavy atom. The Morgan fingerprint density at radius 2 is 2.15 bits per heavy atom. The molecule has 1 aliphatic heterocycles. The molecule has 5 rings (SSSR count). The molecular formula is C24H28N8O. The lowest BCUT2D eigenvalue weighted by Crippen LogP contribution is -2.25. The van der Waals surface area contributed by atoms with E-state index in [2.05, 4.69) is 40.2 Å². The van der Waals surface area contributed by atoms with Crippen LogP contribution in [-0.4, -0.2) is 60.2 Å². The number of anilines is 1.